The molecule has 3 N–H and O–H groups in total. The molecule has 0 fully saturated rings. The molecule has 1 unspecified atom stereocenters. The number of ether oxygens (including phenoxy) is 3. The Labute approximate surface area is 357 Å². The minimum Gasteiger partial charge on any atom is -0.507 e. The number of aromatic hydroxyl groups is 1. The summed E-state index contributed by atoms with van der Waals surface area (Å²) in [4.78, 5) is 43.4. The smallest absolute Gasteiger partial charge is 0.342 e. The van der Waals surface area contributed by atoms with E-state index in [1.54, 1.807) is 12.1 Å². The highest BCUT2D eigenvalue weighted by atomic mass is 16.5. The van der Waals surface area contributed by atoms with Crippen molar-refractivity contribution in [3.05, 3.63) is 65.7 Å². The van der Waals surface area contributed by atoms with Crippen molar-refractivity contribution >= 4 is 23.9 Å². The molecule has 0 aliphatic heterocycles. The number of phenols is 1. The van der Waals surface area contributed by atoms with Gasteiger partial charge in [0, 0.05) is 12.8 Å². The first-order valence-corrected chi connectivity index (χ1v) is 22.7. The lowest BCUT2D eigenvalue weighted by Crippen LogP contribution is -2.13. The van der Waals surface area contributed by atoms with E-state index in [4.69, 9.17) is 24.4 Å². The van der Waals surface area contributed by atoms with Crippen molar-refractivity contribution in [2.45, 2.75) is 201 Å². The van der Waals surface area contributed by atoms with Crippen molar-refractivity contribution in [1.82, 2.24) is 0 Å². The van der Waals surface area contributed by atoms with E-state index in [9.17, 15) is 24.3 Å². The molecule has 0 aromatic heterocycles. The van der Waals surface area contributed by atoms with Gasteiger partial charge in [0.15, 0.2) is 0 Å². The molecule has 10 heteroatoms. The normalized spacial score (nSPS) is 10.7. The van der Waals surface area contributed by atoms with Gasteiger partial charge in [0.25, 0.3) is 0 Å². The summed E-state index contributed by atoms with van der Waals surface area (Å²) in [5, 5.41) is 25.2. The van der Waals surface area contributed by atoms with Crippen LogP contribution in [0.4, 0.5) is 0 Å². The predicted octanol–water partition coefficient (Wildman–Crippen LogP) is 12.7. The number of carboxylic acid groups (broad SMARTS) is 1. The Hall–Kier alpha value is -3.92. The van der Waals surface area contributed by atoms with Crippen LogP contribution < -0.4 is 0 Å². The van der Waals surface area contributed by atoms with E-state index in [1.165, 1.54) is 128 Å². The van der Waals surface area contributed by atoms with Crippen LogP contribution in [0.25, 0.3) is 0 Å². The van der Waals surface area contributed by atoms with E-state index in [1.807, 2.05) is 37.3 Å². The van der Waals surface area contributed by atoms with Gasteiger partial charge in [-0.1, -0.05) is 185 Å². The average molecular weight is 831 g/mol. The van der Waals surface area contributed by atoms with Crippen LogP contribution in [0, 0.1) is 0 Å². The van der Waals surface area contributed by atoms with Gasteiger partial charge >= 0.3 is 23.9 Å². The molecule has 0 saturated heterocycles. The number of aliphatic hydroxyl groups excluding tert-OH is 1. The summed E-state index contributed by atoms with van der Waals surface area (Å²) in [6.07, 6.45) is 28.4. The van der Waals surface area contributed by atoms with Crippen molar-refractivity contribution in [3.63, 3.8) is 0 Å². The molecular weight excluding hydrogens is 749 g/mol. The maximum absolute atomic E-state index is 11.7. The number of aliphatic carboxylic acids is 1. The van der Waals surface area contributed by atoms with E-state index in [0.717, 1.165) is 37.7 Å². The van der Waals surface area contributed by atoms with Gasteiger partial charge in [-0.15, -0.1) is 0 Å². The number of hydrogen-bond donors (Lipinski definition) is 3. The van der Waals surface area contributed by atoms with Crippen LogP contribution in [-0.2, 0) is 35.2 Å². The number of carbonyl (C=O) groups is 4. The maximum atomic E-state index is 11.7. The lowest BCUT2D eigenvalue weighted by molar-refractivity contribution is -0.146. The fourth-order valence-corrected chi connectivity index (χ4v) is 5.60. The molecule has 0 amide bonds. The number of phenolic OH excluding ortho intramolecular Hbond substituents is 1. The second-order valence-corrected chi connectivity index (χ2v) is 14.8. The van der Waals surface area contributed by atoms with Crippen molar-refractivity contribution < 1.29 is 48.7 Å². The summed E-state index contributed by atoms with van der Waals surface area (Å²) in [5.41, 5.74) is 1.10. The number of hydrogen-bond acceptors (Lipinski definition) is 9. The van der Waals surface area contributed by atoms with Gasteiger partial charge in [0.2, 0.25) is 0 Å². The molecule has 0 spiro atoms. The highest BCUT2D eigenvalue weighted by Crippen LogP contribution is 2.17. The third-order valence-corrected chi connectivity index (χ3v) is 9.23. The molecule has 2 rings (SSSR count). The van der Waals surface area contributed by atoms with Crippen molar-refractivity contribution in [1.29, 1.82) is 0 Å². The number of carboxylic acids is 1. The van der Waals surface area contributed by atoms with Gasteiger partial charge in [0.05, 0.1) is 13.2 Å². The fraction of sp³-hybridized carbons (Fsp3) is 0.673. The standard InChI is InChI=1S/C22H44O2.C14H12O3.C10H20O2.C3H6O3/c1-3-5-7-8-9-10-11-12-13-14-15-16-17-18-19-20-22(23)24-21-6-4-2;15-13-9-5-4-8-12(13)14(16)17-10-11-6-2-1-3-7-11;1-3-5-6-7-8-9-10(11)12-4-2;1-2(4)3(5)6/h3-21H2,1-2H3;1-9,15H,10H2;3-9H2,1-2H3;2,4H,1H3,(H,5,6). The predicted molar refractivity (Wildman–Crippen MR) is 238 cm³/mol. The molecule has 2 aromatic rings. The molecule has 1 atom stereocenters. The van der Waals surface area contributed by atoms with Crippen LogP contribution >= 0.6 is 0 Å². The Morgan fingerprint density at radius 1 is 0.525 bits per heavy atom. The monoisotopic (exact) mass is 831 g/mol. The average Bonchev–Trinajstić information content (AvgIpc) is 3.22. The summed E-state index contributed by atoms with van der Waals surface area (Å²) >= 11 is 0. The molecule has 0 heterocycles. The van der Waals surface area contributed by atoms with Gasteiger partial charge in [-0.3, -0.25) is 9.59 Å². The number of esters is 3. The largest absolute Gasteiger partial charge is 0.507 e. The van der Waals surface area contributed by atoms with E-state index in [-0.39, 0.29) is 29.9 Å². The molecule has 2 aromatic carbocycles. The molecule has 10 nitrogen and oxygen atoms in total. The van der Waals surface area contributed by atoms with Crippen molar-refractivity contribution in [3.8, 4) is 5.75 Å². The Bertz CT molecular complexity index is 1260. The summed E-state index contributed by atoms with van der Waals surface area (Å²) < 4.78 is 15.1. The molecule has 0 aliphatic carbocycles. The zero-order valence-corrected chi connectivity index (χ0v) is 37.6. The van der Waals surface area contributed by atoms with E-state index in [2.05, 4.69) is 20.8 Å². The molecule has 0 aliphatic rings. The van der Waals surface area contributed by atoms with E-state index < -0.39 is 18.0 Å². The number of unbranched alkanes of at least 4 members (excludes halogenated alkanes) is 19. The van der Waals surface area contributed by atoms with Crippen LogP contribution in [0.5, 0.6) is 5.75 Å². The van der Waals surface area contributed by atoms with Gasteiger partial charge < -0.3 is 29.5 Å². The topological polar surface area (TPSA) is 157 Å². The van der Waals surface area contributed by atoms with Gasteiger partial charge in [0.1, 0.15) is 24.0 Å². The Morgan fingerprint density at radius 2 is 0.915 bits per heavy atom. The van der Waals surface area contributed by atoms with Gasteiger partial charge in [-0.2, -0.15) is 0 Å². The number of benzene rings is 2. The number of carbonyl (C=O) groups excluding carboxylic acids is 3. The van der Waals surface area contributed by atoms with Gasteiger partial charge in [-0.25, -0.2) is 9.59 Å². The van der Waals surface area contributed by atoms with Crippen LogP contribution in [0.2, 0.25) is 0 Å². The molecule has 338 valence electrons. The minimum absolute atomic E-state index is 0.00172. The van der Waals surface area contributed by atoms with E-state index in [0.29, 0.717) is 26.1 Å². The zero-order valence-electron chi connectivity index (χ0n) is 37.6. The summed E-state index contributed by atoms with van der Waals surface area (Å²) in [7, 11) is 0. The molecular formula is C49H82O10. The van der Waals surface area contributed by atoms with Crippen molar-refractivity contribution in [2.24, 2.45) is 0 Å². The molecule has 0 bridgehead atoms. The SMILES string of the molecule is CC(O)C(=O)O.CCCCCCCC(=O)OCC.CCCCCCCCCCCCCCCCCC(=O)OCCCC.O=C(OCc1ccccc1)c1ccccc1O. The first-order chi connectivity index (χ1) is 28.5. The summed E-state index contributed by atoms with van der Waals surface area (Å²) in [6, 6.07) is 15.7. The Morgan fingerprint density at radius 3 is 1.32 bits per heavy atom. The number of para-hydroxylation sites is 1. The minimum atomic E-state index is -1.23. The molecule has 0 saturated carbocycles. The lowest BCUT2D eigenvalue weighted by atomic mass is 10.0. The lowest BCUT2D eigenvalue weighted by Gasteiger charge is -2.05. The summed E-state index contributed by atoms with van der Waals surface area (Å²) in [5.74, 6) is -1.82. The quantitative estimate of drug-likeness (QED) is 0.0393. The number of aliphatic hydroxyl groups is 1. The second kappa shape index (κ2) is 43.7. The Balaban J connectivity index is 0. The third kappa shape index (κ3) is 40.6. The van der Waals surface area contributed by atoms with Gasteiger partial charge in [-0.05, 0) is 50.8 Å². The summed E-state index contributed by atoms with van der Waals surface area (Å²) in [6.45, 7) is 10.9. The molecule has 0 radical (unpaired) electrons. The Kier molecular flexibility index (Phi) is 42.3. The van der Waals surface area contributed by atoms with Crippen LogP contribution in [-0.4, -0.2) is 58.5 Å². The van der Waals surface area contributed by atoms with Crippen LogP contribution in [0.15, 0.2) is 54.6 Å². The van der Waals surface area contributed by atoms with Crippen molar-refractivity contribution in [2.75, 3.05) is 13.2 Å². The van der Waals surface area contributed by atoms with Crippen LogP contribution in [0.1, 0.15) is 205 Å². The maximum Gasteiger partial charge on any atom is 0.342 e. The van der Waals surface area contributed by atoms with E-state index >= 15 is 0 Å². The molecule has 59 heavy (non-hydrogen) atoms. The third-order valence-electron chi connectivity index (χ3n) is 9.23. The zero-order chi connectivity index (χ0) is 44.2. The highest BCUT2D eigenvalue weighted by molar-refractivity contribution is 5.92. The second-order valence-electron chi connectivity index (χ2n) is 14.8. The number of rotatable bonds is 30. The highest BCUT2D eigenvalue weighted by Gasteiger charge is 2.11. The fourth-order valence-electron chi connectivity index (χ4n) is 5.60. The first-order valence-electron chi connectivity index (χ1n) is 22.7. The van der Waals surface area contributed by atoms with Crippen LogP contribution in [0.3, 0.4) is 0 Å². The first kappa shape index (κ1) is 57.2.